The maximum Gasteiger partial charge on any atom is 0.244 e. The molecule has 0 aliphatic rings. The largest absolute Gasteiger partial charge is 0.370 e. The summed E-state index contributed by atoms with van der Waals surface area (Å²) in [6.07, 6.45) is 1.47. The van der Waals surface area contributed by atoms with Crippen molar-refractivity contribution in [3.05, 3.63) is 18.3 Å². The average molecular weight is 282 g/mol. The van der Waals surface area contributed by atoms with Gasteiger partial charge in [-0.1, -0.05) is 0 Å². The van der Waals surface area contributed by atoms with Gasteiger partial charge in [-0.2, -0.15) is 9.57 Å². The Morgan fingerprint density at radius 2 is 2.21 bits per heavy atom. The van der Waals surface area contributed by atoms with E-state index in [1.807, 2.05) is 13.0 Å². The molecule has 19 heavy (non-hydrogen) atoms. The van der Waals surface area contributed by atoms with Crippen LogP contribution in [0.5, 0.6) is 0 Å². The summed E-state index contributed by atoms with van der Waals surface area (Å²) in [4.78, 5) is 4.17. The van der Waals surface area contributed by atoms with Crippen molar-refractivity contribution in [2.24, 2.45) is 0 Å². The summed E-state index contributed by atoms with van der Waals surface area (Å²) < 4.78 is 25.7. The second kappa shape index (κ2) is 6.50. The molecule has 0 radical (unpaired) electrons. The SMILES string of the molecule is CCNc1ccc(S(=O)(=O)N(C)C(C)CC#N)cn1. The molecular weight excluding hydrogens is 264 g/mol. The van der Waals surface area contributed by atoms with E-state index in [2.05, 4.69) is 10.3 Å². The van der Waals surface area contributed by atoms with Crippen LogP contribution in [0.25, 0.3) is 0 Å². The first-order valence-corrected chi connectivity index (χ1v) is 7.42. The monoisotopic (exact) mass is 282 g/mol. The minimum atomic E-state index is -3.60. The van der Waals surface area contributed by atoms with E-state index in [1.54, 1.807) is 13.0 Å². The van der Waals surface area contributed by atoms with Gasteiger partial charge in [-0.05, 0) is 26.0 Å². The number of hydrogen-bond donors (Lipinski definition) is 1. The van der Waals surface area contributed by atoms with Gasteiger partial charge in [-0.15, -0.1) is 0 Å². The first-order valence-electron chi connectivity index (χ1n) is 5.98. The summed E-state index contributed by atoms with van der Waals surface area (Å²) in [7, 11) is -2.13. The van der Waals surface area contributed by atoms with Crippen molar-refractivity contribution in [1.29, 1.82) is 5.26 Å². The minimum absolute atomic E-state index is 0.126. The van der Waals surface area contributed by atoms with Gasteiger partial charge in [0.05, 0.1) is 12.5 Å². The van der Waals surface area contributed by atoms with Crippen LogP contribution in [-0.4, -0.2) is 37.3 Å². The Morgan fingerprint density at radius 1 is 1.53 bits per heavy atom. The van der Waals surface area contributed by atoms with E-state index in [0.29, 0.717) is 5.82 Å². The van der Waals surface area contributed by atoms with E-state index in [0.717, 1.165) is 6.54 Å². The lowest BCUT2D eigenvalue weighted by Gasteiger charge is -2.22. The molecule has 104 valence electrons. The molecule has 1 aromatic heterocycles. The third-order valence-corrected chi connectivity index (χ3v) is 4.73. The molecule has 0 saturated carbocycles. The Morgan fingerprint density at radius 3 is 2.68 bits per heavy atom. The number of nitrogens with one attached hydrogen (secondary N) is 1. The molecule has 0 spiro atoms. The zero-order valence-corrected chi connectivity index (χ0v) is 12.1. The molecule has 1 heterocycles. The maximum atomic E-state index is 12.3. The zero-order chi connectivity index (χ0) is 14.5. The van der Waals surface area contributed by atoms with Crippen molar-refractivity contribution in [2.75, 3.05) is 18.9 Å². The van der Waals surface area contributed by atoms with E-state index in [1.165, 1.54) is 23.6 Å². The van der Waals surface area contributed by atoms with Crippen LogP contribution in [0.1, 0.15) is 20.3 Å². The molecule has 1 rings (SSSR count). The smallest absolute Gasteiger partial charge is 0.244 e. The van der Waals surface area contributed by atoms with Gasteiger partial charge >= 0.3 is 0 Å². The quantitative estimate of drug-likeness (QED) is 0.853. The van der Waals surface area contributed by atoms with Crippen LogP contribution in [0.3, 0.4) is 0 Å². The number of aromatic nitrogens is 1. The lowest BCUT2D eigenvalue weighted by Crippen LogP contribution is -2.34. The van der Waals surface area contributed by atoms with Crippen LogP contribution in [0, 0.1) is 11.3 Å². The third kappa shape index (κ3) is 3.66. The van der Waals surface area contributed by atoms with E-state index in [9.17, 15) is 8.42 Å². The van der Waals surface area contributed by atoms with Crippen LogP contribution < -0.4 is 5.32 Å². The molecule has 1 atom stereocenters. The molecule has 1 aromatic rings. The Labute approximate surface area is 114 Å². The normalized spacial score (nSPS) is 13.0. The summed E-state index contributed by atoms with van der Waals surface area (Å²) in [6.45, 7) is 4.35. The summed E-state index contributed by atoms with van der Waals surface area (Å²) in [5, 5.41) is 11.6. The highest BCUT2D eigenvalue weighted by atomic mass is 32.2. The molecule has 0 aliphatic carbocycles. The Hall–Kier alpha value is -1.65. The lowest BCUT2D eigenvalue weighted by molar-refractivity contribution is 0.393. The van der Waals surface area contributed by atoms with Crippen LogP contribution in [0.2, 0.25) is 0 Å². The number of nitrogens with zero attached hydrogens (tertiary/aromatic N) is 3. The Balaban J connectivity index is 2.97. The summed E-state index contributed by atoms with van der Waals surface area (Å²) >= 11 is 0. The Bertz CT molecular complexity index is 548. The number of rotatable bonds is 6. The lowest BCUT2D eigenvalue weighted by atomic mass is 10.3. The number of sulfonamides is 1. The van der Waals surface area contributed by atoms with Crippen molar-refractivity contribution in [3.8, 4) is 6.07 Å². The predicted octanol–water partition coefficient (Wildman–Crippen LogP) is 1.44. The molecule has 7 heteroatoms. The van der Waals surface area contributed by atoms with Gasteiger partial charge in [0, 0.05) is 25.8 Å². The maximum absolute atomic E-state index is 12.3. The second-order valence-electron chi connectivity index (χ2n) is 4.14. The van der Waals surface area contributed by atoms with Crippen LogP contribution in [0.15, 0.2) is 23.2 Å². The van der Waals surface area contributed by atoms with Crippen LogP contribution in [-0.2, 0) is 10.0 Å². The number of nitriles is 1. The molecular formula is C12H18N4O2S. The van der Waals surface area contributed by atoms with E-state index in [-0.39, 0.29) is 17.4 Å². The van der Waals surface area contributed by atoms with Crippen molar-refractivity contribution in [2.45, 2.75) is 31.2 Å². The molecule has 1 N–H and O–H groups in total. The summed E-state index contributed by atoms with van der Waals surface area (Å²) in [5.74, 6) is 0.633. The van der Waals surface area contributed by atoms with Gasteiger partial charge in [0.1, 0.15) is 10.7 Å². The van der Waals surface area contributed by atoms with Gasteiger partial charge in [0.2, 0.25) is 10.0 Å². The zero-order valence-electron chi connectivity index (χ0n) is 11.3. The fourth-order valence-corrected chi connectivity index (χ4v) is 2.79. The van der Waals surface area contributed by atoms with Crippen molar-refractivity contribution < 1.29 is 8.42 Å². The van der Waals surface area contributed by atoms with Gasteiger partial charge in [-0.3, -0.25) is 0 Å². The highest BCUT2D eigenvalue weighted by Crippen LogP contribution is 2.18. The fourth-order valence-electron chi connectivity index (χ4n) is 1.48. The molecule has 0 saturated heterocycles. The molecule has 1 unspecified atom stereocenters. The summed E-state index contributed by atoms with van der Waals surface area (Å²) in [5.41, 5.74) is 0. The second-order valence-corrected chi connectivity index (χ2v) is 6.14. The highest BCUT2D eigenvalue weighted by Gasteiger charge is 2.25. The minimum Gasteiger partial charge on any atom is -0.370 e. The molecule has 0 amide bonds. The van der Waals surface area contributed by atoms with Crippen molar-refractivity contribution in [3.63, 3.8) is 0 Å². The van der Waals surface area contributed by atoms with Crippen molar-refractivity contribution >= 4 is 15.8 Å². The van der Waals surface area contributed by atoms with E-state index in [4.69, 9.17) is 5.26 Å². The van der Waals surface area contributed by atoms with Crippen LogP contribution >= 0.6 is 0 Å². The van der Waals surface area contributed by atoms with E-state index >= 15 is 0 Å². The molecule has 0 fully saturated rings. The molecule has 0 bridgehead atoms. The number of anilines is 1. The predicted molar refractivity (Wildman–Crippen MR) is 73.0 cm³/mol. The van der Waals surface area contributed by atoms with Crippen LogP contribution in [0.4, 0.5) is 5.82 Å². The number of pyridine rings is 1. The third-order valence-electron chi connectivity index (χ3n) is 2.78. The summed E-state index contributed by atoms with van der Waals surface area (Å²) in [6, 6.07) is 4.73. The van der Waals surface area contributed by atoms with Gasteiger partial charge in [0.15, 0.2) is 0 Å². The van der Waals surface area contributed by atoms with E-state index < -0.39 is 10.0 Å². The topological polar surface area (TPSA) is 86.1 Å². The fraction of sp³-hybridized carbons (Fsp3) is 0.500. The number of hydrogen-bond acceptors (Lipinski definition) is 5. The first kappa shape index (κ1) is 15.4. The van der Waals surface area contributed by atoms with Crippen molar-refractivity contribution in [1.82, 2.24) is 9.29 Å². The standard InChI is InChI=1S/C12H18N4O2S/c1-4-14-12-6-5-11(9-15-12)19(17,18)16(3)10(2)7-8-13/h5-6,9-10H,4,7H2,1-3H3,(H,14,15). The molecule has 0 aromatic carbocycles. The Kier molecular flexibility index (Phi) is 5.27. The molecule has 0 aliphatic heterocycles. The highest BCUT2D eigenvalue weighted by molar-refractivity contribution is 7.89. The molecule has 6 nitrogen and oxygen atoms in total. The van der Waals surface area contributed by atoms with Gasteiger partial charge < -0.3 is 5.32 Å². The first-order chi connectivity index (χ1) is 8.93. The van der Waals surface area contributed by atoms with Gasteiger partial charge in [-0.25, -0.2) is 13.4 Å². The van der Waals surface area contributed by atoms with Gasteiger partial charge in [0.25, 0.3) is 0 Å². The average Bonchev–Trinajstić information content (AvgIpc) is 2.39.